The predicted octanol–water partition coefficient (Wildman–Crippen LogP) is 3.63. The topological polar surface area (TPSA) is 55.2 Å². The van der Waals surface area contributed by atoms with E-state index >= 15 is 0 Å². The van der Waals surface area contributed by atoms with Crippen LogP contribution in [-0.4, -0.2) is 10.4 Å². The van der Waals surface area contributed by atoms with Gasteiger partial charge in [0.2, 0.25) is 0 Å². The zero-order chi connectivity index (χ0) is 13.0. The summed E-state index contributed by atoms with van der Waals surface area (Å²) in [6.45, 7) is 0. The van der Waals surface area contributed by atoms with E-state index in [0.29, 0.717) is 5.69 Å². The fourth-order valence-electron chi connectivity index (χ4n) is 1.68. The standard InChI is InChI=1S/C13H10N2O2S/c16-15(17)13-8-11(6-7-12(13)14-9-18)10-4-2-1-3-5-10/h1-9H,(H,14,18). The Morgan fingerprint density at radius 1 is 1.11 bits per heavy atom. The van der Waals surface area contributed by atoms with E-state index in [4.69, 9.17) is 0 Å². The molecule has 0 aliphatic heterocycles. The maximum absolute atomic E-state index is 11.0. The van der Waals surface area contributed by atoms with Crippen molar-refractivity contribution in [3.63, 3.8) is 0 Å². The highest BCUT2D eigenvalue weighted by Gasteiger charge is 2.14. The summed E-state index contributed by atoms with van der Waals surface area (Å²) in [5.41, 5.74) is 3.41. The van der Waals surface area contributed by atoms with Gasteiger partial charge in [0.05, 0.1) is 10.4 Å². The number of hydrogen-bond acceptors (Lipinski definition) is 3. The molecule has 0 bridgehead atoms. The van der Waals surface area contributed by atoms with Gasteiger partial charge in [-0.05, 0) is 17.2 Å². The van der Waals surface area contributed by atoms with Gasteiger partial charge in [0.15, 0.2) is 0 Å². The molecule has 4 nitrogen and oxygen atoms in total. The summed E-state index contributed by atoms with van der Waals surface area (Å²) in [4.78, 5) is 10.6. The van der Waals surface area contributed by atoms with Crippen LogP contribution in [0.1, 0.15) is 0 Å². The number of nitrogens with zero attached hydrogens (tertiary/aromatic N) is 1. The Hall–Kier alpha value is -2.27. The Labute approximate surface area is 109 Å². The molecule has 0 aliphatic rings. The van der Waals surface area contributed by atoms with Crippen LogP contribution in [0.4, 0.5) is 11.4 Å². The molecule has 0 saturated heterocycles. The number of thiocarbonyl (C=S) groups is 1. The van der Waals surface area contributed by atoms with Crippen LogP contribution < -0.4 is 5.32 Å². The molecule has 0 fully saturated rings. The van der Waals surface area contributed by atoms with Crippen molar-refractivity contribution in [2.45, 2.75) is 0 Å². The number of hydrogen-bond donors (Lipinski definition) is 1. The molecule has 0 heterocycles. The molecule has 0 radical (unpaired) electrons. The Balaban J connectivity index is 2.50. The Morgan fingerprint density at radius 2 is 1.83 bits per heavy atom. The number of benzene rings is 2. The zero-order valence-electron chi connectivity index (χ0n) is 9.37. The molecule has 18 heavy (non-hydrogen) atoms. The average Bonchev–Trinajstić information content (AvgIpc) is 2.40. The van der Waals surface area contributed by atoms with E-state index in [1.165, 1.54) is 11.6 Å². The van der Waals surface area contributed by atoms with Gasteiger partial charge < -0.3 is 5.32 Å². The molecule has 2 aromatic rings. The normalized spacial score (nSPS) is 9.78. The second-order valence-corrected chi connectivity index (χ2v) is 3.85. The molecule has 0 aliphatic carbocycles. The first-order valence-electron chi connectivity index (χ1n) is 5.26. The van der Waals surface area contributed by atoms with Crippen molar-refractivity contribution >= 4 is 29.1 Å². The van der Waals surface area contributed by atoms with E-state index in [9.17, 15) is 10.1 Å². The van der Waals surface area contributed by atoms with Crippen LogP contribution >= 0.6 is 12.2 Å². The van der Waals surface area contributed by atoms with Crippen molar-refractivity contribution in [1.29, 1.82) is 0 Å². The Bertz CT molecular complexity index is 585. The molecule has 1 N–H and O–H groups in total. The second-order valence-electron chi connectivity index (χ2n) is 3.62. The summed E-state index contributed by atoms with van der Waals surface area (Å²) in [6, 6.07) is 14.5. The van der Waals surface area contributed by atoms with Gasteiger partial charge in [-0.3, -0.25) is 10.1 Å². The minimum atomic E-state index is -0.423. The zero-order valence-corrected chi connectivity index (χ0v) is 10.2. The van der Waals surface area contributed by atoms with Crippen LogP contribution in [0.15, 0.2) is 48.5 Å². The highest BCUT2D eigenvalue weighted by molar-refractivity contribution is 7.79. The minimum absolute atomic E-state index is 0.0115. The quantitative estimate of drug-likeness (QED) is 0.517. The van der Waals surface area contributed by atoms with Gasteiger partial charge in [0.25, 0.3) is 5.69 Å². The fourth-order valence-corrected chi connectivity index (χ4v) is 1.81. The fraction of sp³-hybridized carbons (Fsp3) is 0. The minimum Gasteiger partial charge on any atom is -0.347 e. The highest BCUT2D eigenvalue weighted by atomic mass is 32.1. The summed E-state index contributed by atoms with van der Waals surface area (Å²) in [6.07, 6.45) is 0. The van der Waals surface area contributed by atoms with E-state index in [2.05, 4.69) is 17.5 Å². The molecule has 0 amide bonds. The molecule has 0 atom stereocenters. The van der Waals surface area contributed by atoms with Gasteiger partial charge >= 0.3 is 0 Å². The van der Waals surface area contributed by atoms with Crippen LogP contribution in [0, 0.1) is 10.1 Å². The first kappa shape index (κ1) is 12.2. The first-order valence-corrected chi connectivity index (χ1v) is 5.73. The van der Waals surface area contributed by atoms with Crippen LogP contribution in [0.2, 0.25) is 0 Å². The molecule has 2 rings (SSSR count). The monoisotopic (exact) mass is 258 g/mol. The van der Waals surface area contributed by atoms with Crippen molar-refractivity contribution in [3.05, 3.63) is 58.6 Å². The number of nitro benzene ring substituents is 1. The van der Waals surface area contributed by atoms with E-state index in [0.717, 1.165) is 11.1 Å². The molecule has 90 valence electrons. The number of nitro groups is 1. The number of anilines is 1. The molecule has 0 aromatic heterocycles. The van der Waals surface area contributed by atoms with Crippen LogP contribution in [0.25, 0.3) is 11.1 Å². The summed E-state index contributed by atoms with van der Waals surface area (Å²) in [7, 11) is 0. The van der Waals surface area contributed by atoms with E-state index in [1.807, 2.05) is 36.4 Å². The van der Waals surface area contributed by atoms with Crippen LogP contribution in [0.3, 0.4) is 0 Å². The molecule has 0 saturated carbocycles. The smallest absolute Gasteiger partial charge is 0.293 e. The van der Waals surface area contributed by atoms with E-state index < -0.39 is 4.92 Å². The molecule has 0 unspecified atom stereocenters. The third-order valence-corrected chi connectivity index (χ3v) is 2.63. The summed E-state index contributed by atoms with van der Waals surface area (Å²) < 4.78 is 0. The van der Waals surface area contributed by atoms with Gasteiger partial charge in [0.1, 0.15) is 5.69 Å². The number of nitrogens with one attached hydrogen (secondary N) is 1. The van der Waals surface area contributed by atoms with Gasteiger partial charge in [-0.1, -0.05) is 48.6 Å². The Kier molecular flexibility index (Phi) is 3.64. The first-order chi connectivity index (χ1) is 8.72. The molecular weight excluding hydrogens is 248 g/mol. The van der Waals surface area contributed by atoms with Crippen molar-refractivity contribution in [2.75, 3.05) is 5.32 Å². The molecule has 2 aromatic carbocycles. The van der Waals surface area contributed by atoms with Crippen molar-refractivity contribution in [2.24, 2.45) is 0 Å². The van der Waals surface area contributed by atoms with Crippen molar-refractivity contribution < 1.29 is 4.92 Å². The number of rotatable bonds is 4. The lowest BCUT2D eigenvalue weighted by atomic mass is 10.0. The summed E-state index contributed by atoms with van der Waals surface area (Å²) >= 11 is 4.65. The SMILES string of the molecule is O=[N+]([O-])c1cc(-c2ccccc2)ccc1NC=S. The maximum atomic E-state index is 11.0. The Morgan fingerprint density at radius 3 is 2.44 bits per heavy atom. The third-order valence-electron chi connectivity index (χ3n) is 2.52. The lowest BCUT2D eigenvalue weighted by molar-refractivity contribution is -0.383. The third kappa shape index (κ3) is 2.52. The van der Waals surface area contributed by atoms with Crippen molar-refractivity contribution in [1.82, 2.24) is 0 Å². The maximum Gasteiger partial charge on any atom is 0.293 e. The average molecular weight is 258 g/mol. The molecule has 5 heteroatoms. The summed E-state index contributed by atoms with van der Waals surface area (Å²) in [5, 5.41) is 13.7. The van der Waals surface area contributed by atoms with Crippen LogP contribution in [0.5, 0.6) is 0 Å². The second kappa shape index (κ2) is 5.37. The van der Waals surface area contributed by atoms with Gasteiger partial charge in [-0.15, -0.1) is 0 Å². The summed E-state index contributed by atoms with van der Waals surface area (Å²) in [5.74, 6) is 0. The van der Waals surface area contributed by atoms with Gasteiger partial charge in [-0.2, -0.15) is 0 Å². The van der Waals surface area contributed by atoms with Gasteiger partial charge in [0, 0.05) is 6.07 Å². The highest BCUT2D eigenvalue weighted by Crippen LogP contribution is 2.30. The largest absolute Gasteiger partial charge is 0.347 e. The van der Waals surface area contributed by atoms with E-state index in [1.54, 1.807) is 6.07 Å². The molecular formula is C13H10N2O2S. The lowest BCUT2D eigenvalue weighted by Crippen LogP contribution is -1.98. The predicted molar refractivity (Wildman–Crippen MR) is 75.8 cm³/mol. The van der Waals surface area contributed by atoms with Crippen molar-refractivity contribution in [3.8, 4) is 11.1 Å². The van der Waals surface area contributed by atoms with Gasteiger partial charge in [-0.25, -0.2) is 0 Å². The van der Waals surface area contributed by atoms with Crippen LogP contribution in [-0.2, 0) is 0 Å². The van der Waals surface area contributed by atoms with E-state index in [-0.39, 0.29) is 5.69 Å². The lowest BCUT2D eigenvalue weighted by Gasteiger charge is -2.05. The molecule has 0 spiro atoms.